The molecule has 1 aliphatic rings. The van der Waals surface area contributed by atoms with Crippen molar-refractivity contribution in [3.8, 4) is 0 Å². The fraction of sp³-hybridized carbons (Fsp3) is 0.857. The summed E-state index contributed by atoms with van der Waals surface area (Å²) in [4.78, 5) is 25.5. The van der Waals surface area contributed by atoms with Gasteiger partial charge in [-0.1, -0.05) is 20.3 Å². The molecule has 0 aromatic carbocycles. The lowest BCUT2D eigenvalue weighted by molar-refractivity contribution is -0.148. The number of nitrogens with zero attached hydrogens (tertiary/aromatic N) is 1. The third-order valence-electron chi connectivity index (χ3n) is 4.00. The van der Waals surface area contributed by atoms with Crippen LogP contribution in [0.3, 0.4) is 0 Å². The number of aliphatic carboxylic acids is 1. The van der Waals surface area contributed by atoms with E-state index in [1.807, 2.05) is 6.92 Å². The summed E-state index contributed by atoms with van der Waals surface area (Å²) in [7, 11) is 0. The Morgan fingerprint density at radius 2 is 1.95 bits per heavy atom. The average molecular weight is 286 g/mol. The van der Waals surface area contributed by atoms with Gasteiger partial charge in [0.05, 0.1) is 0 Å². The van der Waals surface area contributed by atoms with Gasteiger partial charge in [-0.3, -0.25) is 0 Å². The minimum atomic E-state index is -1.18. The Kier molecular flexibility index (Phi) is 6.26. The number of rotatable bonds is 6. The van der Waals surface area contributed by atoms with Gasteiger partial charge in [0.1, 0.15) is 5.54 Å². The lowest BCUT2D eigenvalue weighted by Gasteiger charge is -2.36. The molecule has 116 valence electrons. The lowest BCUT2D eigenvalue weighted by Crippen LogP contribution is -2.60. The van der Waals surface area contributed by atoms with Gasteiger partial charge < -0.3 is 20.1 Å². The van der Waals surface area contributed by atoms with Crippen LogP contribution in [0.5, 0.6) is 0 Å². The molecule has 1 rings (SSSR count). The molecule has 2 amide bonds. The monoisotopic (exact) mass is 286 g/mol. The number of carbonyl (C=O) groups excluding carboxylic acids is 1. The van der Waals surface area contributed by atoms with Crippen LogP contribution in [0.1, 0.15) is 40.0 Å². The van der Waals surface area contributed by atoms with Crippen LogP contribution in [-0.2, 0) is 9.53 Å². The molecule has 1 heterocycles. The van der Waals surface area contributed by atoms with Crippen molar-refractivity contribution in [1.82, 2.24) is 10.2 Å². The number of ether oxygens (including phenoxy) is 1. The number of hydrogen-bond acceptors (Lipinski definition) is 3. The third kappa shape index (κ3) is 4.10. The first-order valence-electron chi connectivity index (χ1n) is 7.33. The summed E-state index contributed by atoms with van der Waals surface area (Å²) in [5, 5.41) is 12.2. The molecule has 0 saturated carbocycles. The van der Waals surface area contributed by atoms with Gasteiger partial charge in [-0.2, -0.15) is 0 Å². The van der Waals surface area contributed by atoms with Crippen molar-refractivity contribution in [2.24, 2.45) is 5.92 Å². The zero-order chi connectivity index (χ0) is 15.2. The maximum atomic E-state index is 12.3. The molecule has 0 spiro atoms. The predicted octanol–water partition coefficient (Wildman–Crippen LogP) is 1.70. The first-order chi connectivity index (χ1) is 9.45. The summed E-state index contributed by atoms with van der Waals surface area (Å²) in [6, 6.07) is -0.294. The maximum Gasteiger partial charge on any atom is 0.329 e. The minimum Gasteiger partial charge on any atom is -0.480 e. The number of urea groups is 1. The Labute approximate surface area is 120 Å². The Hall–Kier alpha value is -1.30. The number of hydrogen-bond donors (Lipinski definition) is 2. The van der Waals surface area contributed by atoms with Crippen LogP contribution >= 0.6 is 0 Å². The van der Waals surface area contributed by atoms with E-state index in [0.717, 1.165) is 6.42 Å². The SMILES string of the molecule is CCC(C)CN(CC)C(=O)NC1(C(=O)O)CCOCC1. The molecule has 1 aliphatic heterocycles. The number of carboxylic acid groups (broad SMARTS) is 1. The van der Waals surface area contributed by atoms with Crippen molar-refractivity contribution in [3.63, 3.8) is 0 Å². The number of nitrogens with one attached hydrogen (secondary N) is 1. The van der Waals surface area contributed by atoms with Gasteiger partial charge in [-0.15, -0.1) is 0 Å². The van der Waals surface area contributed by atoms with E-state index >= 15 is 0 Å². The van der Waals surface area contributed by atoms with Crippen molar-refractivity contribution in [2.45, 2.75) is 45.6 Å². The molecular weight excluding hydrogens is 260 g/mol. The van der Waals surface area contributed by atoms with Crippen molar-refractivity contribution in [3.05, 3.63) is 0 Å². The second-order valence-corrected chi connectivity index (χ2v) is 5.48. The molecule has 6 heteroatoms. The topological polar surface area (TPSA) is 78.9 Å². The highest BCUT2D eigenvalue weighted by atomic mass is 16.5. The van der Waals surface area contributed by atoms with Gasteiger partial charge in [-0.25, -0.2) is 9.59 Å². The highest BCUT2D eigenvalue weighted by Crippen LogP contribution is 2.21. The molecule has 20 heavy (non-hydrogen) atoms. The quantitative estimate of drug-likeness (QED) is 0.779. The van der Waals surface area contributed by atoms with Gasteiger partial charge >= 0.3 is 12.0 Å². The molecule has 1 saturated heterocycles. The summed E-state index contributed by atoms with van der Waals surface area (Å²) < 4.78 is 5.20. The molecule has 0 aliphatic carbocycles. The van der Waals surface area contributed by atoms with Crippen molar-refractivity contribution >= 4 is 12.0 Å². The highest BCUT2D eigenvalue weighted by molar-refractivity contribution is 5.86. The van der Waals surface area contributed by atoms with E-state index in [2.05, 4.69) is 19.2 Å². The average Bonchev–Trinajstić information content (AvgIpc) is 2.45. The van der Waals surface area contributed by atoms with Crippen LogP contribution in [0, 0.1) is 5.92 Å². The fourth-order valence-corrected chi connectivity index (χ4v) is 2.26. The molecule has 0 aromatic rings. The number of amides is 2. The van der Waals surface area contributed by atoms with E-state index in [-0.39, 0.29) is 6.03 Å². The van der Waals surface area contributed by atoms with Gasteiger partial charge in [0.25, 0.3) is 0 Å². The van der Waals surface area contributed by atoms with Gasteiger partial charge in [0.15, 0.2) is 0 Å². The van der Waals surface area contributed by atoms with E-state index < -0.39 is 11.5 Å². The highest BCUT2D eigenvalue weighted by Gasteiger charge is 2.42. The van der Waals surface area contributed by atoms with Crippen LogP contribution in [-0.4, -0.2) is 53.8 Å². The van der Waals surface area contributed by atoms with Gasteiger partial charge in [0.2, 0.25) is 0 Å². The van der Waals surface area contributed by atoms with Gasteiger partial charge in [0, 0.05) is 39.1 Å². The second kappa shape index (κ2) is 7.47. The zero-order valence-corrected chi connectivity index (χ0v) is 12.6. The Bertz CT molecular complexity index is 340. The molecule has 6 nitrogen and oxygen atoms in total. The summed E-state index contributed by atoms with van der Waals surface area (Å²) in [6.07, 6.45) is 1.62. The molecule has 1 fully saturated rings. The predicted molar refractivity (Wildman–Crippen MR) is 75.7 cm³/mol. The zero-order valence-electron chi connectivity index (χ0n) is 12.6. The Morgan fingerprint density at radius 1 is 1.35 bits per heavy atom. The van der Waals surface area contributed by atoms with E-state index in [1.54, 1.807) is 4.90 Å². The van der Waals surface area contributed by atoms with Crippen molar-refractivity contribution in [2.75, 3.05) is 26.3 Å². The van der Waals surface area contributed by atoms with E-state index in [4.69, 9.17) is 4.74 Å². The van der Waals surface area contributed by atoms with Crippen LogP contribution in [0.4, 0.5) is 4.79 Å². The van der Waals surface area contributed by atoms with Crippen LogP contribution in [0.25, 0.3) is 0 Å². The standard InChI is InChI=1S/C14H26N2O4/c1-4-11(3)10-16(5-2)13(19)15-14(12(17)18)6-8-20-9-7-14/h11H,4-10H2,1-3H3,(H,15,19)(H,17,18). The Morgan fingerprint density at radius 3 is 2.40 bits per heavy atom. The second-order valence-electron chi connectivity index (χ2n) is 5.48. The summed E-state index contributed by atoms with van der Waals surface area (Å²) in [6.45, 7) is 8.01. The van der Waals surface area contributed by atoms with Crippen molar-refractivity contribution in [1.29, 1.82) is 0 Å². The number of carboxylic acids is 1. The maximum absolute atomic E-state index is 12.3. The summed E-state index contributed by atoms with van der Waals surface area (Å²) in [5.74, 6) is -0.579. The molecule has 0 radical (unpaired) electrons. The summed E-state index contributed by atoms with van der Waals surface area (Å²) >= 11 is 0. The first-order valence-corrected chi connectivity index (χ1v) is 7.33. The molecule has 1 unspecified atom stereocenters. The minimum absolute atomic E-state index is 0.294. The third-order valence-corrected chi connectivity index (χ3v) is 4.00. The molecule has 2 N–H and O–H groups in total. The molecule has 1 atom stereocenters. The smallest absolute Gasteiger partial charge is 0.329 e. The van der Waals surface area contributed by atoms with Crippen LogP contribution in [0.2, 0.25) is 0 Å². The van der Waals surface area contributed by atoms with E-state index in [9.17, 15) is 14.7 Å². The summed E-state index contributed by atoms with van der Waals surface area (Å²) in [5.41, 5.74) is -1.18. The van der Waals surface area contributed by atoms with E-state index in [0.29, 0.717) is 45.1 Å². The fourth-order valence-electron chi connectivity index (χ4n) is 2.26. The lowest BCUT2D eigenvalue weighted by atomic mass is 9.90. The normalized spacial score (nSPS) is 19.1. The van der Waals surface area contributed by atoms with Gasteiger partial charge in [-0.05, 0) is 12.8 Å². The molecular formula is C14H26N2O4. The first kappa shape index (κ1) is 16.8. The molecule has 0 bridgehead atoms. The largest absolute Gasteiger partial charge is 0.480 e. The van der Waals surface area contributed by atoms with Crippen LogP contribution < -0.4 is 5.32 Å². The van der Waals surface area contributed by atoms with Crippen LogP contribution in [0.15, 0.2) is 0 Å². The number of carbonyl (C=O) groups is 2. The van der Waals surface area contributed by atoms with E-state index in [1.165, 1.54) is 0 Å². The van der Waals surface area contributed by atoms with Crippen molar-refractivity contribution < 1.29 is 19.4 Å². The Balaban J connectivity index is 2.71. The molecule has 0 aromatic heterocycles.